The van der Waals surface area contributed by atoms with Gasteiger partial charge in [0, 0.05) is 26.4 Å². The van der Waals surface area contributed by atoms with Gasteiger partial charge < -0.3 is 5.73 Å². The maximum atomic E-state index is 5.84. The first kappa shape index (κ1) is 10.9. The SMILES string of the molecule is CC(N)c1nc(-c2csc3ccccc23)cs1. The highest BCUT2D eigenvalue weighted by Crippen LogP contribution is 2.34. The van der Waals surface area contributed by atoms with E-state index >= 15 is 0 Å². The van der Waals surface area contributed by atoms with Crippen molar-refractivity contribution in [3.8, 4) is 11.3 Å². The summed E-state index contributed by atoms with van der Waals surface area (Å²) in [5, 5.41) is 6.53. The fraction of sp³-hybridized carbons (Fsp3) is 0.154. The molecule has 2 heterocycles. The molecule has 2 aromatic heterocycles. The number of nitrogens with two attached hydrogens (primary N) is 1. The summed E-state index contributed by atoms with van der Waals surface area (Å²) in [7, 11) is 0. The topological polar surface area (TPSA) is 38.9 Å². The van der Waals surface area contributed by atoms with Gasteiger partial charge in [-0.1, -0.05) is 18.2 Å². The van der Waals surface area contributed by atoms with Crippen LogP contribution in [0.2, 0.25) is 0 Å². The molecular formula is C13H12N2S2. The van der Waals surface area contributed by atoms with Gasteiger partial charge in [0.05, 0.1) is 11.7 Å². The van der Waals surface area contributed by atoms with Crippen LogP contribution in [-0.4, -0.2) is 4.98 Å². The Kier molecular flexibility index (Phi) is 2.70. The van der Waals surface area contributed by atoms with E-state index in [4.69, 9.17) is 5.73 Å². The average Bonchev–Trinajstić information content (AvgIpc) is 2.95. The first-order valence-corrected chi connectivity index (χ1v) is 7.19. The summed E-state index contributed by atoms with van der Waals surface area (Å²) in [6.45, 7) is 1.97. The summed E-state index contributed by atoms with van der Waals surface area (Å²) in [6, 6.07) is 8.43. The van der Waals surface area contributed by atoms with E-state index in [1.807, 2.05) is 6.92 Å². The van der Waals surface area contributed by atoms with Gasteiger partial charge in [-0.3, -0.25) is 0 Å². The number of nitrogens with zero attached hydrogens (tertiary/aromatic N) is 1. The van der Waals surface area contributed by atoms with Crippen LogP contribution < -0.4 is 5.73 Å². The molecular weight excluding hydrogens is 248 g/mol. The van der Waals surface area contributed by atoms with E-state index in [1.165, 1.54) is 15.6 Å². The zero-order valence-electron chi connectivity index (χ0n) is 9.38. The quantitative estimate of drug-likeness (QED) is 0.755. The van der Waals surface area contributed by atoms with Crippen molar-refractivity contribution in [2.75, 3.05) is 0 Å². The lowest BCUT2D eigenvalue weighted by Gasteiger charge is -1.97. The standard InChI is InChI=1S/C13H12N2S2/c1-8(14)13-15-11(7-17-13)10-6-16-12-5-3-2-4-9(10)12/h2-8H,14H2,1H3. The molecule has 1 unspecified atom stereocenters. The molecule has 1 atom stereocenters. The van der Waals surface area contributed by atoms with Crippen LogP contribution in [0.3, 0.4) is 0 Å². The molecule has 2 nitrogen and oxygen atoms in total. The molecule has 0 saturated heterocycles. The molecule has 3 aromatic rings. The third-order valence-electron chi connectivity index (χ3n) is 2.67. The number of hydrogen-bond acceptors (Lipinski definition) is 4. The van der Waals surface area contributed by atoms with E-state index in [1.54, 1.807) is 22.7 Å². The van der Waals surface area contributed by atoms with Gasteiger partial charge >= 0.3 is 0 Å². The van der Waals surface area contributed by atoms with E-state index in [-0.39, 0.29) is 6.04 Å². The Morgan fingerprint density at radius 3 is 2.76 bits per heavy atom. The van der Waals surface area contributed by atoms with Gasteiger partial charge in [0.15, 0.2) is 0 Å². The van der Waals surface area contributed by atoms with Gasteiger partial charge in [-0.05, 0) is 13.0 Å². The lowest BCUT2D eigenvalue weighted by atomic mass is 10.1. The molecule has 0 aliphatic carbocycles. The van der Waals surface area contributed by atoms with E-state index in [9.17, 15) is 0 Å². The number of aromatic nitrogens is 1. The molecule has 0 aliphatic heterocycles. The highest BCUT2D eigenvalue weighted by Gasteiger charge is 2.11. The second kappa shape index (κ2) is 4.22. The van der Waals surface area contributed by atoms with Crippen LogP contribution in [-0.2, 0) is 0 Å². The predicted molar refractivity (Wildman–Crippen MR) is 75.5 cm³/mol. The highest BCUT2D eigenvalue weighted by molar-refractivity contribution is 7.17. The number of thiophene rings is 1. The van der Waals surface area contributed by atoms with Crippen LogP contribution in [0.15, 0.2) is 35.0 Å². The fourth-order valence-corrected chi connectivity index (χ4v) is 3.53. The number of hydrogen-bond donors (Lipinski definition) is 1. The zero-order chi connectivity index (χ0) is 11.8. The lowest BCUT2D eigenvalue weighted by molar-refractivity contribution is 0.808. The van der Waals surface area contributed by atoms with Crippen molar-refractivity contribution in [3.05, 3.63) is 40.0 Å². The monoisotopic (exact) mass is 260 g/mol. The Labute approximate surface area is 108 Å². The minimum absolute atomic E-state index is 0.0126. The van der Waals surface area contributed by atoms with Crippen molar-refractivity contribution in [1.82, 2.24) is 4.98 Å². The summed E-state index contributed by atoms with van der Waals surface area (Å²) >= 11 is 3.39. The van der Waals surface area contributed by atoms with E-state index in [0.717, 1.165) is 10.7 Å². The van der Waals surface area contributed by atoms with Gasteiger partial charge in [-0.15, -0.1) is 22.7 Å². The van der Waals surface area contributed by atoms with Crippen LogP contribution in [0.5, 0.6) is 0 Å². The zero-order valence-corrected chi connectivity index (χ0v) is 11.0. The summed E-state index contributed by atoms with van der Waals surface area (Å²) < 4.78 is 1.30. The number of thiazole rings is 1. The maximum Gasteiger partial charge on any atom is 0.110 e. The first-order chi connectivity index (χ1) is 8.25. The van der Waals surface area contributed by atoms with Crippen LogP contribution in [0, 0.1) is 0 Å². The van der Waals surface area contributed by atoms with E-state index < -0.39 is 0 Å². The smallest absolute Gasteiger partial charge is 0.110 e. The average molecular weight is 260 g/mol. The molecule has 86 valence electrons. The Hall–Kier alpha value is -1.23. The molecule has 0 spiro atoms. The van der Waals surface area contributed by atoms with Crippen molar-refractivity contribution >= 4 is 32.8 Å². The van der Waals surface area contributed by atoms with Gasteiger partial charge in [-0.2, -0.15) is 0 Å². The third-order valence-corrected chi connectivity index (χ3v) is 4.68. The minimum Gasteiger partial charge on any atom is -0.322 e. The summed E-state index contributed by atoms with van der Waals surface area (Å²) in [5.74, 6) is 0. The van der Waals surface area contributed by atoms with Gasteiger partial charge in [-0.25, -0.2) is 4.98 Å². The minimum atomic E-state index is 0.0126. The number of benzene rings is 1. The second-order valence-corrected chi connectivity index (χ2v) is 5.81. The lowest BCUT2D eigenvalue weighted by Crippen LogP contribution is -2.03. The molecule has 0 fully saturated rings. The largest absolute Gasteiger partial charge is 0.322 e. The second-order valence-electron chi connectivity index (χ2n) is 4.01. The van der Waals surface area contributed by atoms with Gasteiger partial charge in [0.2, 0.25) is 0 Å². The number of rotatable bonds is 2. The fourth-order valence-electron chi connectivity index (χ4n) is 1.80. The Morgan fingerprint density at radius 1 is 1.18 bits per heavy atom. The predicted octanol–water partition coefficient (Wildman–Crippen LogP) is 4.04. The molecule has 17 heavy (non-hydrogen) atoms. The Morgan fingerprint density at radius 2 is 2.00 bits per heavy atom. The first-order valence-electron chi connectivity index (χ1n) is 5.43. The molecule has 0 radical (unpaired) electrons. The van der Waals surface area contributed by atoms with Gasteiger partial charge in [0.1, 0.15) is 5.01 Å². The Balaban J connectivity index is 2.14. The van der Waals surface area contributed by atoms with Crippen LogP contribution >= 0.6 is 22.7 Å². The summed E-state index contributed by atoms with van der Waals surface area (Å²) in [5.41, 5.74) is 8.10. The van der Waals surface area contributed by atoms with Crippen molar-refractivity contribution in [3.63, 3.8) is 0 Å². The van der Waals surface area contributed by atoms with E-state index in [0.29, 0.717) is 0 Å². The molecule has 0 bridgehead atoms. The summed E-state index contributed by atoms with van der Waals surface area (Å²) in [6.07, 6.45) is 0. The molecule has 2 N–H and O–H groups in total. The van der Waals surface area contributed by atoms with Crippen molar-refractivity contribution in [2.45, 2.75) is 13.0 Å². The van der Waals surface area contributed by atoms with Gasteiger partial charge in [0.25, 0.3) is 0 Å². The van der Waals surface area contributed by atoms with Crippen LogP contribution in [0.25, 0.3) is 21.3 Å². The Bertz CT molecular complexity index is 652. The molecule has 0 aliphatic rings. The van der Waals surface area contributed by atoms with Crippen molar-refractivity contribution < 1.29 is 0 Å². The third kappa shape index (κ3) is 1.88. The molecule has 1 aromatic carbocycles. The molecule has 0 amide bonds. The van der Waals surface area contributed by atoms with Crippen molar-refractivity contribution in [1.29, 1.82) is 0 Å². The molecule has 0 saturated carbocycles. The summed E-state index contributed by atoms with van der Waals surface area (Å²) in [4.78, 5) is 4.60. The molecule has 4 heteroatoms. The van der Waals surface area contributed by atoms with E-state index in [2.05, 4.69) is 40.0 Å². The highest BCUT2D eigenvalue weighted by atomic mass is 32.1. The molecule has 3 rings (SSSR count). The normalized spacial score (nSPS) is 13.1. The van der Waals surface area contributed by atoms with Crippen LogP contribution in [0.1, 0.15) is 18.0 Å². The number of fused-ring (bicyclic) bond motifs is 1. The van der Waals surface area contributed by atoms with Crippen molar-refractivity contribution in [2.24, 2.45) is 5.73 Å². The maximum absolute atomic E-state index is 5.84. The van der Waals surface area contributed by atoms with Crippen LogP contribution in [0.4, 0.5) is 0 Å².